The Hall–Kier alpha value is -6.37. The Balaban J connectivity index is 1.08. The van der Waals surface area contributed by atoms with Gasteiger partial charge in [-0.15, -0.1) is 11.3 Å². The van der Waals surface area contributed by atoms with Crippen molar-refractivity contribution in [2.45, 2.75) is 12.0 Å². The van der Waals surface area contributed by atoms with E-state index in [9.17, 15) is 0 Å². The molecule has 5 nitrogen and oxygen atoms in total. The topological polar surface area (TPSA) is 52.8 Å². The van der Waals surface area contributed by atoms with Gasteiger partial charge in [-0.3, -0.25) is 0 Å². The van der Waals surface area contributed by atoms with Crippen LogP contribution < -0.4 is 4.74 Å². The van der Waals surface area contributed by atoms with Crippen LogP contribution in [0.4, 0.5) is 0 Å². The van der Waals surface area contributed by atoms with Crippen LogP contribution in [0.1, 0.15) is 28.8 Å². The molecule has 2 atom stereocenters. The van der Waals surface area contributed by atoms with E-state index in [0.29, 0.717) is 17.5 Å². The molecular formula is C45H28N4OS. The van der Waals surface area contributed by atoms with Gasteiger partial charge in [0, 0.05) is 59.4 Å². The minimum absolute atomic E-state index is 0.0617. The lowest BCUT2D eigenvalue weighted by molar-refractivity contribution is 0.225. The molecule has 9 aromatic rings. The summed E-state index contributed by atoms with van der Waals surface area (Å²) in [5.74, 6) is 2.76. The van der Waals surface area contributed by atoms with Gasteiger partial charge in [-0.25, -0.2) is 15.0 Å². The Labute approximate surface area is 297 Å². The number of benzene rings is 6. The minimum atomic E-state index is -0.180. The van der Waals surface area contributed by atoms with E-state index in [0.717, 1.165) is 39.4 Å². The van der Waals surface area contributed by atoms with Crippen molar-refractivity contribution in [2.75, 3.05) is 0 Å². The Morgan fingerprint density at radius 2 is 1.27 bits per heavy atom. The molecule has 3 aromatic heterocycles. The number of hydrogen-bond acceptors (Lipinski definition) is 5. The van der Waals surface area contributed by atoms with Crippen molar-refractivity contribution >= 4 is 48.5 Å². The molecule has 4 heterocycles. The van der Waals surface area contributed by atoms with Crippen LogP contribution in [0.2, 0.25) is 0 Å². The fourth-order valence-corrected chi connectivity index (χ4v) is 9.02. The molecule has 11 rings (SSSR count). The molecule has 0 radical (unpaired) electrons. The number of nitrogens with zero attached hydrogens (tertiary/aromatic N) is 4. The van der Waals surface area contributed by atoms with Gasteiger partial charge in [-0.1, -0.05) is 103 Å². The predicted octanol–water partition coefficient (Wildman–Crippen LogP) is 11.4. The lowest BCUT2D eigenvalue weighted by Gasteiger charge is -2.22. The lowest BCUT2D eigenvalue weighted by atomic mass is 9.85. The van der Waals surface area contributed by atoms with Gasteiger partial charge in [0.05, 0.1) is 16.8 Å². The number of thiophene rings is 1. The molecule has 6 heteroatoms. The molecule has 0 saturated carbocycles. The van der Waals surface area contributed by atoms with Gasteiger partial charge >= 0.3 is 0 Å². The average molecular weight is 673 g/mol. The van der Waals surface area contributed by atoms with Crippen molar-refractivity contribution in [3.8, 4) is 45.6 Å². The second-order valence-electron chi connectivity index (χ2n) is 13.1. The Bertz CT molecular complexity index is 2850. The minimum Gasteiger partial charge on any atom is -0.484 e. The first kappa shape index (κ1) is 28.5. The van der Waals surface area contributed by atoms with Crippen LogP contribution in [0, 0.1) is 0 Å². The van der Waals surface area contributed by atoms with Crippen molar-refractivity contribution < 1.29 is 4.74 Å². The van der Waals surface area contributed by atoms with E-state index in [4.69, 9.17) is 19.7 Å². The number of fused-ring (bicyclic) bond motifs is 10. The van der Waals surface area contributed by atoms with E-state index < -0.39 is 0 Å². The van der Waals surface area contributed by atoms with E-state index in [-0.39, 0.29) is 12.0 Å². The summed E-state index contributed by atoms with van der Waals surface area (Å²) in [5.41, 5.74) is 8.57. The molecule has 0 bridgehead atoms. The van der Waals surface area contributed by atoms with Crippen LogP contribution in [-0.2, 0) is 0 Å². The number of para-hydroxylation sites is 3. The van der Waals surface area contributed by atoms with Gasteiger partial charge in [0.2, 0.25) is 0 Å². The van der Waals surface area contributed by atoms with Crippen LogP contribution in [0.25, 0.3) is 77.0 Å². The highest BCUT2D eigenvalue weighted by molar-refractivity contribution is 7.25. The monoisotopic (exact) mass is 672 g/mol. The van der Waals surface area contributed by atoms with Crippen LogP contribution in [-0.4, -0.2) is 19.5 Å². The highest BCUT2D eigenvalue weighted by atomic mass is 32.1. The number of aromatic nitrogens is 4. The van der Waals surface area contributed by atoms with Gasteiger partial charge in [0.25, 0.3) is 0 Å². The maximum absolute atomic E-state index is 7.10. The Kier molecular flexibility index (Phi) is 6.18. The molecule has 0 spiro atoms. The lowest BCUT2D eigenvalue weighted by Crippen LogP contribution is -2.13. The second kappa shape index (κ2) is 11.1. The summed E-state index contributed by atoms with van der Waals surface area (Å²) in [4.78, 5) is 15.4. The van der Waals surface area contributed by atoms with Gasteiger partial charge < -0.3 is 9.30 Å². The number of hydrogen-bond donors (Lipinski definition) is 0. The third-order valence-electron chi connectivity index (χ3n) is 10.2. The van der Waals surface area contributed by atoms with E-state index >= 15 is 0 Å². The van der Waals surface area contributed by atoms with Crippen molar-refractivity contribution in [3.63, 3.8) is 0 Å². The standard InChI is InChI=1S/C45H28N4OS/c1-3-12-27(13-4-1)43-46-44(28-22-25-39-35(26-28)30-16-8-10-21-38(30)51-39)48-45(47-43)34-19-11-18-31-32-23-24-37-40(42(32)50-41(31)34)33-17-7-9-20-36(33)49(37)29-14-5-2-6-15-29/h1-26,32,42H. The predicted molar refractivity (Wildman–Crippen MR) is 207 cm³/mol. The molecule has 0 saturated heterocycles. The van der Waals surface area contributed by atoms with Crippen LogP contribution >= 0.6 is 11.3 Å². The smallest absolute Gasteiger partial charge is 0.167 e. The summed E-state index contributed by atoms with van der Waals surface area (Å²) in [6.07, 6.45) is 4.39. The maximum atomic E-state index is 7.10. The van der Waals surface area contributed by atoms with Gasteiger partial charge in [0.1, 0.15) is 11.9 Å². The third kappa shape index (κ3) is 4.36. The van der Waals surface area contributed by atoms with Crippen molar-refractivity contribution in [1.29, 1.82) is 0 Å². The summed E-state index contributed by atoms with van der Waals surface area (Å²) >= 11 is 1.81. The molecule has 0 fully saturated rings. The Morgan fingerprint density at radius 3 is 2.14 bits per heavy atom. The molecule has 2 aliphatic rings. The van der Waals surface area contributed by atoms with Crippen LogP contribution in [0.15, 0.2) is 152 Å². The van der Waals surface area contributed by atoms with Crippen molar-refractivity contribution in [1.82, 2.24) is 19.5 Å². The summed E-state index contributed by atoms with van der Waals surface area (Å²) in [7, 11) is 0. The molecule has 0 amide bonds. The third-order valence-corrected chi connectivity index (χ3v) is 11.4. The van der Waals surface area contributed by atoms with Crippen LogP contribution in [0.5, 0.6) is 5.75 Å². The molecule has 51 heavy (non-hydrogen) atoms. The molecule has 2 unspecified atom stereocenters. The van der Waals surface area contributed by atoms with Gasteiger partial charge in [-0.2, -0.15) is 0 Å². The Morgan fingerprint density at radius 1 is 0.569 bits per heavy atom. The largest absolute Gasteiger partial charge is 0.484 e. The number of rotatable bonds is 4. The van der Waals surface area contributed by atoms with E-state index in [2.05, 4.69) is 132 Å². The van der Waals surface area contributed by atoms with Crippen molar-refractivity contribution in [3.05, 3.63) is 168 Å². The fourth-order valence-electron chi connectivity index (χ4n) is 7.94. The van der Waals surface area contributed by atoms with Crippen LogP contribution in [0.3, 0.4) is 0 Å². The van der Waals surface area contributed by atoms with Gasteiger partial charge in [0.15, 0.2) is 17.5 Å². The molecular weight excluding hydrogens is 645 g/mol. The molecule has 6 aromatic carbocycles. The zero-order chi connectivity index (χ0) is 33.5. The first-order valence-electron chi connectivity index (χ1n) is 17.2. The fraction of sp³-hybridized carbons (Fsp3) is 0.0444. The summed E-state index contributed by atoms with van der Waals surface area (Å²) in [5, 5.41) is 3.66. The SMILES string of the molecule is C1=CC2c3cccc(-c4nc(-c5ccccc5)nc(-c5ccc6sc7ccccc7c6c5)n4)c3OC2c2c1n(-c1ccccc1)c1ccccc21. The molecule has 0 N–H and O–H groups in total. The van der Waals surface area contributed by atoms with E-state index in [1.807, 2.05) is 41.7 Å². The second-order valence-corrected chi connectivity index (χ2v) is 14.2. The molecule has 1 aliphatic carbocycles. The average Bonchev–Trinajstić information content (AvgIpc) is 3.87. The van der Waals surface area contributed by atoms with E-state index in [1.165, 1.54) is 36.6 Å². The maximum Gasteiger partial charge on any atom is 0.167 e. The zero-order valence-corrected chi connectivity index (χ0v) is 28.1. The quantitative estimate of drug-likeness (QED) is 0.187. The van der Waals surface area contributed by atoms with Crippen molar-refractivity contribution in [2.24, 2.45) is 0 Å². The number of ether oxygens (including phenoxy) is 1. The zero-order valence-electron chi connectivity index (χ0n) is 27.3. The molecule has 1 aliphatic heterocycles. The summed E-state index contributed by atoms with van der Waals surface area (Å²) < 4.78 is 12.0. The first-order chi connectivity index (χ1) is 25.3. The molecule has 240 valence electrons. The first-order valence-corrected chi connectivity index (χ1v) is 18.0. The van der Waals surface area contributed by atoms with E-state index in [1.54, 1.807) is 0 Å². The highest BCUT2D eigenvalue weighted by Crippen LogP contribution is 2.55. The highest BCUT2D eigenvalue weighted by Gasteiger charge is 2.41. The van der Waals surface area contributed by atoms with Gasteiger partial charge in [-0.05, 0) is 54.6 Å². The normalized spacial score (nSPS) is 15.9. The summed E-state index contributed by atoms with van der Waals surface area (Å²) in [6.45, 7) is 0. The summed E-state index contributed by atoms with van der Waals surface area (Å²) in [6, 6.07) is 50.8.